The van der Waals surface area contributed by atoms with Gasteiger partial charge >= 0.3 is 0 Å². The van der Waals surface area contributed by atoms with Crippen molar-refractivity contribution in [1.82, 2.24) is 14.7 Å². The highest BCUT2D eigenvalue weighted by atomic mass is 15.2. The Morgan fingerprint density at radius 3 is 2.00 bits per heavy atom. The first-order valence-electron chi connectivity index (χ1n) is 9.06. The van der Waals surface area contributed by atoms with Crippen molar-refractivity contribution in [2.75, 3.05) is 40.3 Å². The SMILES string of the molecule is CC(C)N(C)CCCCCN(C)C1CCN(C(C)C)CC1. The van der Waals surface area contributed by atoms with Gasteiger partial charge in [-0.15, -0.1) is 0 Å². The van der Waals surface area contributed by atoms with Gasteiger partial charge in [0.25, 0.3) is 0 Å². The van der Waals surface area contributed by atoms with Crippen molar-refractivity contribution in [1.29, 1.82) is 0 Å². The second-order valence-corrected chi connectivity index (χ2v) is 7.48. The van der Waals surface area contributed by atoms with Gasteiger partial charge in [-0.2, -0.15) is 0 Å². The Bertz CT molecular complexity index is 257. The molecular formula is C18H39N3. The van der Waals surface area contributed by atoms with E-state index in [0.29, 0.717) is 12.1 Å². The molecule has 0 N–H and O–H groups in total. The molecule has 0 spiro atoms. The van der Waals surface area contributed by atoms with Crippen molar-refractivity contribution in [2.45, 2.75) is 77.9 Å². The lowest BCUT2D eigenvalue weighted by Gasteiger charge is -2.38. The summed E-state index contributed by atoms with van der Waals surface area (Å²) in [7, 11) is 4.56. The highest BCUT2D eigenvalue weighted by Crippen LogP contribution is 2.17. The lowest BCUT2D eigenvalue weighted by atomic mass is 10.0. The van der Waals surface area contributed by atoms with Gasteiger partial charge < -0.3 is 14.7 Å². The van der Waals surface area contributed by atoms with E-state index in [1.807, 2.05) is 0 Å². The average Bonchev–Trinajstić information content (AvgIpc) is 2.46. The predicted molar refractivity (Wildman–Crippen MR) is 94.0 cm³/mol. The maximum Gasteiger partial charge on any atom is 0.0117 e. The topological polar surface area (TPSA) is 9.72 Å². The average molecular weight is 298 g/mol. The van der Waals surface area contributed by atoms with E-state index in [9.17, 15) is 0 Å². The van der Waals surface area contributed by atoms with Crippen LogP contribution in [0.3, 0.4) is 0 Å². The number of hydrogen-bond acceptors (Lipinski definition) is 3. The molecule has 0 atom stereocenters. The second-order valence-electron chi connectivity index (χ2n) is 7.48. The van der Waals surface area contributed by atoms with E-state index < -0.39 is 0 Å². The highest BCUT2D eigenvalue weighted by molar-refractivity contribution is 4.79. The van der Waals surface area contributed by atoms with Crippen LogP contribution in [-0.4, -0.2) is 73.1 Å². The number of likely N-dealkylation sites (tertiary alicyclic amines) is 1. The van der Waals surface area contributed by atoms with Gasteiger partial charge in [-0.25, -0.2) is 0 Å². The molecule has 1 aliphatic heterocycles. The van der Waals surface area contributed by atoms with Crippen LogP contribution in [0.4, 0.5) is 0 Å². The van der Waals surface area contributed by atoms with Gasteiger partial charge in [-0.1, -0.05) is 6.42 Å². The molecule has 0 aromatic carbocycles. The third-order valence-electron chi connectivity index (χ3n) is 5.26. The van der Waals surface area contributed by atoms with Crippen LogP contribution in [-0.2, 0) is 0 Å². The summed E-state index contributed by atoms with van der Waals surface area (Å²) in [6.07, 6.45) is 6.77. The van der Waals surface area contributed by atoms with E-state index in [4.69, 9.17) is 0 Å². The van der Waals surface area contributed by atoms with Crippen molar-refractivity contribution in [3.63, 3.8) is 0 Å². The van der Waals surface area contributed by atoms with Crippen LogP contribution >= 0.6 is 0 Å². The van der Waals surface area contributed by atoms with Crippen LogP contribution in [0.25, 0.3) is 0 Å². The Morgan fingerprint density at radius 2 is 1.48 bits per heavy atom. The van der Waals surface area contributed by atoms with E-state index in [1.54, 1.807) is 0 Å². The minimum Gasteiger partial charge on any atom is -0.304 e. The van der Waals surface area contributed by atoms with Gasteiger partial charge in [0.05, 0.1) is 0 Å². The summed E-state index contributed by atoms with van der Waals surface area (Å²) in [5.41, 5.74) is 0. The molecule has 1 aliphatic rings. The zero-order valence-electron chi connectivity index (χ0n) is 15.4. The van der Waals surface area contributed by atoms with E-state index in [-0.39, 0.29) is 0 Å². The fourth-order valence-electron chi connectivity index (χ4n) is 3.18. The zero-order valence-corrected chi connectivity index (χ0v) is 15.4. The summed E-state index contributed by atoms with van der Waals surface area (Å²) in [5.74, 6) is 0. The standard InChI is InChI=1S/C18H39N3/c1-16(2)19(5)12-8-7-9-13-20(6)18-10-14-21(15-11-18)17(3)4/h16-18H,7-15H2,1-6H3. The summed E-state index contributed by atoms with van der Waals surface area (Å²) < 4.78 is 0. The van der Waals surface area contributed by atoms with E-state index in [0.717, 1.165) is 6.04 Å². The second kappa shape index (κ2) is 9.81. The molecule has 126 valence electrons. The summed E-state index contributed by atoms with van der Waals surface area (Å²) in [6.45, 7) is 14.3. The summed E-state index contributed by atoms with van der Waals surface area (Å²) in [6, 6.07) is 2.21. The molecule has 0 amide bonds. The Labute approximate surface area is 133 Å². The third-order valence-corrected chi connectivity index (χ3v) is 5.26. The van der Waals surface area contributed by atoms with Crippen LogP contribution < -0.4 is 0 Å². The van der Waals surface area contributed by atoms with E-state index in [2.05, 4.69) is 56.5 Å². The molecule has 0 saturated carbocycles. The Hall–Kier alpha value is -0.120. The summed E-state index contributed by atoms with van der Waals surface area (Å²) >= 11 is 0. The van der Waals surface area contributed by atoms with Gasteiger partial charge in [0.2, 0.25) is 0 Å². The van der Waals surface area contributed by atoms with Crippen molar-refractivity contribution in [2.24, 2.45) is 0 Å². The molecule has 3 nitrogen and oxygen atoms in total. The quantitative estimate of drug-likeness (QED) is 0.605. The van der Waals surface area contributed by atoms with E-state index in [1.165, 1.54) is 58.3 Å². The minimum atomic E-state index is 0.679. The molecule has 0 unspecified atom stereocenters. The van der Waals surface area contributed by atoms with E-state index >= 15 is 0 Å². The molecule has 0 aromatic heterocycles. The van der Waals surface area contributed by atoms with Gasteiger partial charge in [0.15, 0.2) is 0 Å². The highest BCUT2D eigenvalue weighted by Gasteiger charge is 2.23. The van der Waals surface area contributed by atoms with Crippen LogP contribution in [0.15, 0.2) is 0 Å². The Kier molecular flexibility index (Phi) is 8.84. The fraction of sp³-hybridized carbons (Fsp3) is 1.00. The summed E-state index contributed by atoms with van der Waals surface area (Å²) in [5, 5.41) is 0. The Balaban J connectivity index is 2.08. The van der Waals surface area contributed by atoms with Gasteiger partial charge in [0, 0.05) is 18.1 Å². The third kappa shape index (κ3) is 7.12. The molecule has 0 radical (unpaired) electrons. The maximum absolute atomic E-state index is 2.62. The maximum atomic E-state index is 2.62. The van der Waals surface area contributed by atoms with Crippen LogP contribution in [0.1, 0.15) is 59.8 Å². The molecule has 1 fully saturated rings. The smallest absolute Gasteiger partial charge is 0.0117 e. The van der Waals surface area contributed by atoms with Crippen LogP contribution in [0.2, 0.25) is 0 Å². The predicted octanol–water partition coefficient (Wildman–Crippen LogP) is 3.30. The van der Waals surface area contributed by atoms with Crippen LogP contribution in [0, 0.1) is 0 Å². The number of unbranched alkanes of at least 4 members (excludes halogenated alkanes) is 2. The first-order chi connectivity index (χ1) is 9.91. The number of rotatable bonds is 9. The van der Waals surface area contributed by atoms with Crippen LogP contribution in [0.5, 0.6) is 0 Å². The minimum absolute atomic E-state index is 0.679. The summed E-state index contributed by atoms with van der Waals surface area (Å²) in [4.78, 5) is 7.68. The largest absolute Gasteiger partial charge is 0.304 e. The van der Waals surface area contributed by atoms with Crippen molar-refractivity contribution in [3.8, 4) is 0 Å². The number of piperidine rings is 1. The molecule has 0 aliphatic carbocycles. The van der Waals surface area contributed by atoms with Gasteiger partial charge in [0.1, 0.15) is 0 Å². The molecule has 1 saturated heterocycles. The first-order valence-corrected chi connectivity index (χ1v) is 9.06. The van der Waals surface area contributed by atoms with Crippen molar-refractivity contribution >= 4 is 0 Å². The normalized spacial score (nSPS) is 18.6. The lowest BCUT2D eigenvalue weighted by molar-refractivity contribution is 0.106. The fourth-order valence-corrected chi connectivity index (χ4v) is 3.18. The Morgan fingerprint density at radius 1 is 0.905 bits per heavy atom. The first kappa shape index (κ1) is 18.9. The lowest BCUT2D eigenvalue weighted by Crippen LogP contribution is -2.45. The number of hydrogen-bond donors (Lipinski definition) is 0. The van der Waals surface area contributed by atoms with Crippen molar-refractivity contribution in [3.05, 3.63) is 0 Å². The number of nitrogens with zero attached hydrogens (tertiary/aromatic N) is 3. The molecular weight excluding hydrogens is 258 g/mol. The monoisotopic (exact) mass is 297 g/mol. The molecule has 3 heteroatoms. The zero-order chi connectivity index (χ0) is 15.8. The van der Waals surface area contributed by atoms with Crippen molar-refractivity contribution < 1.29 is 0 Å². The molecule has 1 heterocycles. The molecule has 0 aromatic rings. The van der Waals surface area contributed by atoms with Gasteiger partial charge in [-0.3, -0.25) is 0 Å². The van der Waals surface area contributed by atoms with Gasteiger partial charge in [-0.05, 0) is 93.7 Å². The molecule has 0 bridgehead atoms. The molecule has 1 rings (SSSR count). The molecule has 21 heavy (non-hydrogen) atoms.